The molecule has 0 aromatic heterocycles. The maximum Gasteiger partial charge on any atom is 0.246 e. The van der Waals surface area contributed by atoms with Crippen molar-refractivity contribution in [3.05, 3.63) is 40.4 Å². The molecule has 0 aliphatic carbocycles. The Labute approximate surface area is 141 Å². The average molecular weight is 374 g/mol. The molecule has 1 aromatic carbocycles. The van der Waals surface area contributed by atoms with Gasteiger partial charge in [-0.05, 0) is 49.5 Å². The summed E-state index contributed by atoms with van der Waals surface area (Å²) in [5.74, 6) is 0.507. The molecule has 0 spiro atoms. The number of hydrogen-bond acceptors (Lipinski definition) is 2. The third-order valence-corrected chi connectivity index (χ3v) is 4.33. The van der Waals surface area contributed by atoms with Crippen molar-refractivity contribution in [1.82, 2.24) is 4.90 Å². The van der Waals surface area contributed by atoms with E-state index in [-0.39, 0.29) is 24.4 Å². The Balaban J connectivity index is 0.00000220. The van der Waals surface area contributed by atoms with Crippen LogP contribution in [0.15, 0.2) is 34.8 Å². The van der Waals surface area contributed by atoms with Gasteiger partial charge in [0.25, 0.3) is 0 Å². The van der Waals surface area contributed by atoms with Gasteiger partial charge in [-0.15, -0.1) is 12.4 Å². The Morgan fingerprint density at radius 2 is 2.10 bits per heavy atom. The zero-order valence-corrected chi connectivity index (χ0v) is 14.6. The molecule has 0 radical (unpaired) electrons. The van der Waals surface area contributed by atoms with Gasteiger partial charge in [0.15, 0.2) is 0 Å². The number of carbonyl (C=O) groups excluding carboxylic acids is 1. The van der Waals surface area contributed by atoms with E-state index in [1.54, 1.807) is 6.08 Å². The Kier molecular flexibility index (Phi) is 7.43. The van der Waals surface area contributed by atoms with Gasteiger partial charge in [0.2, 0.25) is 5.91 Å². The average Bonchev–Trinajstić information content (AvgIpc) is 2.46. The van der Waals surface area contributed by atoms with Crippen LogP contribution in [-0.4, -0.2) is 29.9 Å². The number of carbonyl (C=O) groups is 1. The highest BCUT2D eigenvalue weighted by Crippen LogP contribution is 2.19. The lowest BCUT2D eigenvalue weighted by atomic mass is 9.92. The second-order valence-electron chi connectivity index (χ2n) is 5.43. The predicted molar refractivity (Wildman–Crippen MR) is 93.4 cm³/mol. The Morgan fingerprint density at radius 1 is 1.43 bits per heavy atom. The first-order valence-corrected chi connectivity index (χ1v) is 7.83. The molecular formula is C16H22BrClN2O. The monoisotopic (exact) mass is 372 g/mol. The second kappa shape index (κ2) is 8.57. The molecule has 1 saturated heterocycles. The van der Waals surface area contributed by atoms with E-state index in [9.17, 15) is 4.79 Å². The van der Waals surface area contributed by atoms with Gasteiger partial charge < -0.3 is 10.6 Å². The van der Waals surface area contributed by atoms with Crippen LogP contribution in [0.5, 0.6) is 0 Å². The van der Waals surface area contributed by atoms with E-state index in [1.807, 2.05) is 42.2 Å². The number of hydrogen-bond donors (Lipinski definition) is 1. The van der Waals surface area contributed by atoms with Crippen LogP contribution in [0.2, 0.25) is 0 Å². The summed E-state index contributed by atoms with van der Waals surface area (Å²) in [6.45, 7) is 3.64. The van der Waals surface area contributed by atoms with Crippen LogP contribution < -0.4 is 5.73 Å². The fourth-order valence-corrected chi connectivity index (χ4v) is 2.75. The number of halogens is 2. The number of nitrogens with zero attached hydrogens (tertiary/aromatic N) is 1. The van der Waals surface area contributed by atoms with Crippen molar-refractivity contribution in [2.45, 2.75) is 25.8 Å². The molecular weight excluding hydrogens is 352 g/mol. The lowest BCUT2D eigenvalue weighted by Gasteiger charge is -2.34. The van der Waals surface area contributed by atoms with Gasteiger partial charge in [0.1, 0.15) is 0 Å². The quantitative estimate of drug-likeness (QED) is 0.825. The number of amides is 1. The largest absolute Gasteiger partial charge is 0.339 e. The molecule has 0 bridgehead atoms. The summed E-state index contributed by atoms with van der Waals surface area (Å²) < 4.78 is 1.04. The highest BCUT2D eigenvalue weighted by molar-refractivity contribution is 9.10. The topological polar surface area (TPSA) is 46.3 Å². The minimum absolute atomic E-state index is 0. The van der Waals surface area contributed by atoms with E-state index in [0.29, 0.717) is 5.92 Å². The first-order chi connectivity index (χ1) is 9.56. The van der Waals surface area contributed by atoms with E-state index in [2.05, 4.69) is 15.9 Å². The van der Waals surface area contributed by atoms with Gasteiger partial charge in [0.05, 0.1) is 0 Å². The van der Waals surface area contributed by atoms with Crippen molar-refractivity contribution < 1.29 is 4.79 Å². The van der Waals surface area contributed by atoms with Crippen LogP contribution in [-0.2, 0) is 4.79 Å². The first kappa shape index (κ1) is 18.2. The zero-order valence-electron chi connectivity index (χ0n) is 12.2. The van der Waals surface area contributed by atoms with E-state index in [0.717, 1.165) is 36.0 Å². The molecule has 3 nitrogen and oxygen atoms in total. The van der Waals surface area contributed by atoms with Crippen LogP contribution >= 0.6 is 28.3 Å². The van der Waals surface area contributed by atoms with Gasteiger partial charge in [0, 0.05) is 29.7 Å². The number of rotatable bonds is 3. The summed E-state index contributed by atoms with van der Waals surface area (Å²) in [7, 11) is 0. The van der Waals surface area contributed by atoms with Crippen molar-refractivity contribution >= 4 is 40.3 Å². The number of piperidine rings is 1. The SMILES string of the molecule is CC(N)C1CCCN(C(=O)/C=C/c2ccc(Br)cc2)C1.Cl. The van der Waals surface area contributed by atoms with E-state index >= 15 is 0 Å². The third-order valence-electron chi connectivity index (χ3n) is 3.80. The van der Waals surface area contributed by atoms with Crippen molar-refractivity contribution in [1.29, 1.82) is 0 Å². The van der Waals surface area contributed by atoms with E-state index < -0.39 is 0 Å². The molecule has 0 saturated carbocycles. The smallest absolute Gasteiger partial charge is 0.246 e. The third kappa shape index (κ3) is 5.46. The normalized spacial score (nSPS) is 20.1. The van der Waals surface area contributed by atoms with Crippen molar-refractivity contribution in [3.8, 4) is 0 Å². The number of nitrogens with two attached hydrogens (primary N) is 1. The zero-order chi connectivity index (χ0) is 14.5. The highest BCUT2D eigenvalue weighted by atomic mass is 79.9. The first-order valence-electron chi connectivity index (χ1n) is 7.04. The van der Waals surface area contributed by atoms with Crippen molar-refractivity contribution in [3.63, 3.8) is 0 Å². The van der Waals surface area contributed by atoms with Gasteiger partial charge in [-0.1, -0.05) is 28.1 Å². The molecule has 21 heavy (non-hydrogen) atoms. The number of likely N-dealkylation sites (tertiary alicyclic amines) is 1. The highest BCUT2D eigenvalue weighted by Gasteiger charge is 2.24. The lowest BCUT2D eigenvalue weighted by molar-refractivity contribution is -0.127. The molecule has 116 valence electrons. The van der Waals surface area contributed by atoms with Gasteiger partial charge in [-0.2, -0.15) is 0 Å². The minimum Gasteiger partial charge on any atom is -0.339 e. The number of benzene rings is 1. The molecule has 2 N–H and O–H groups in total. The van der Waals surface area contributed by atoms with Gasteiger partial charge in [-0.3, -0.25) is 4.79 Å². The summed E-state index contributed by atoms with van der Waals surface area (Å²) >= 11 is 3.40. The molecule has 1 aromatic rings. The lowest BCUT2D eigenvalue weighted by Crippen LogP contribution is -2.44. The fourth-order valence-electron chi connectivity index (χ4n) is 2.49. The van der Waals surface area contributed by atoms with Crippen LogP contribution in [0.4, 0.5) is 0 Å². The molecule has 1 heterocycles. The Morgan fingerprint density at radius 3 is 2.71 bits per heavy atom. The Hall–Kier alpha value is -0.840. The molecule has 1 fully saturated rings. The molecule has 2 unspecified atom stereocenters. The Bertz CT molecular complexity index is 488. The molecule has 1 aliphatic heterocycles. The molecule has 1 aliphatic rings. The summed E-state index contributed by atoms with van der Waals surface area (Å²) in [6.07, 6.45) is 5.69. The van der Waals surface area contributed by atoms with Crippen LogP contribution in [0, 0.1) is 5.92 Å². The summed E-state index contributed by atoms with van der Waals surface area (Å²) in [4.78, 5) is 14.1. The van der Waals surface area contributed by atoms with Gasteiger partial charge in [-0.25, -0.2) is 0 Å². The standard InChI is InChI=1S/C16H21BrN2O.ClH/c1-12(18)14-3-2-10-19(11-14)16(20)9-6-13-4-7-15(17)8-5-13;/h4-9,12,14H,2-3,10-11,18H2,1H3;1H/b9-6+;. The fraction of sp³-hybridized carbons (Fsp3) is 0.438. The van der Waals surface area contributed by atoms with Crippen LogP contribution in [0.3, 0.4) is 0 Å². The predicted octanol–water partition coefficient (Wildman–Crippen LogP) is 3.47. The second-order valence-corrected chi connectivity index (χ2v) is 6.35. The van der Waals surface area contributed by atoms with E-state index in [1.165, 1.54) is 0 Å². The maximum atomic E-state index is 12.2. The molecule has 5 heteroatoms. The summed E-state index contributed by atoms with van der Waals surface area (Å²) in [5, 5.41) is 0. The van der Waals surface area contributed by atoms with Crippen LogP contribution in [0.1, 0.15) is 25.3 Å². The molecule has 1 amide bonds. The summed E-state index contributed by atoms with van der Waals surface area (Å²) in [5.41, 5.74) is 6.98. The van der Waals surface area contributed by atoms with Gasteiger partial charge >= 0.3 is 0 Å². The maximum absolute atomic E-state index is 12.2. The summed E-state index contributed by atoms with van der Waals surface area (Å²) in [6, 6.07) is 8.05. The molecule has 2 atom stereocenters. The van der Waals surface area contributed by atoms with Crippen molar-refractivity contribution in [2.24, 2.45) is 11.7 Å². The molecule has 2 rings (SSSR count). The van der Waals surface area contributed by atoms with E-state index in [4.69, 9.17) is 5.73 Å². The van der Waals surface area contributed by atoms with Crippen molar-refractivity contribution in [2.75, 3.05) is 13.1 Å². The minimum atomic E-state index is 0. The van der Waals surface area contributed by atoms with Crippen LogP contribution in [0.25, 0.3) is 6.08 Å².